The summed E-state index contributed by atoms with van der Waals surface area (Å²) in [6, 6.07) is 15.0. The van der Waals surface area contributed by atoms with Crippen molar-refractivity contribution in [1.29, 1.82) is 0 Å². The van der Waals surface area contributed by atoms with Crippen molar-refractivity contribution in [2.24, 2.45) is 0 Å². The van der Waals surface area contributed by atoms with Crippen molar-refractivity contribution >= 4 is 33.2 Å². The lowest BCUT2D eigenvalue weighted by Gasteiger charge is -2.10. The van der Waals surface area contributed by atoms with Crippen LogP contribution in [0.3, 0.4) is 0 Å². The maximum absolute atomic E-state index is 13.0. The van der Waals surface area contributed by atoms with Gasteiger partial charge in [-0.05, 0) is 63.0 Å². The Morgan fingerprint density at radius 1 is 0.935 bits per heavy atom. The first-order valence-corrected chi connectivity index (χ1v) is 10.5. The van der Waals surface area contributed by atoms with Crippen molar-refractivity contribution in [2.45, 2.75) is 6.54 Å². The van der Waals surface area contributed by atoms with E-state index in [9.17, 15) is 4.79 Å². The van der Waals surface area contributed by atoms with E-state index in [1.165, 1.54) is 9.20 Å². The molecule has 9 heteroatoms. The van der Waals surface area contributed by atoms with Crippen LogP contribution in [0.25, 0.3) is 27.9 Å². The van der Waals surface area contributed by atoms with Crippen molar-refractivity contribution in [1.82, 2.24) is 29.4 Å². The van der Waals surface area contributed by atoms with Crippen LogP contribution in [0, 0.1) is 0 Å². The normalized spacial score (nSPS) is 11.2. The van der Waals surface area contributed by atoms with Crippen molar-refractivity contribution in [3.63, 3.8) is 0 Å². The topological polar surface area (TPSA) is 78.0 Å². The molecule has 0 atom stereocenters. The number of aromatic nitrogens is 6. The van der Waals surface area contributed by atoms with Gasteiger partial charge in [0.15, 0.2) is 5.65 Å². The summed E-state index contributed by atoms with van der Waals surface area (Å²) in [6.07, 6.45) is 6.80. The standard InChI is InChI=1S/C22H14BrClN6O/c23-19-6-1-14(11-26-19)13-29-22(31)30-21(28-29)20(16-7-9-25-10-8-16)18(12-27-30)15-2-4-17(24)5-3-15/h1-12H,13H2. The maximum Gasteiger partial charge on any atom is 0.367 e. The Morgan fingerprint density at radius 2 is 1.71 bits per heavy atom. The average molecular weight is 494 g/mol. The molecule has 31 heavy (non-hydrogen) atoms. The molecule has 0 aliphatic carbocycles. The zero-order valence-electron chi connectivity index (χ0n) is 16.0. The molecule has 7 nitrogen and oxygen atoms in total. The SMILES string of the molecule is O=c1n(Cc2ccc(Br)nc2)nc2c(-c3ccncc3)c(-c3ccc(Cl)cc3)cnn12. The van der Waals surface area contributed by atoms with E-state index in [-0.39, 0.29) is 12.2 Å². The molecule has 0 spiro atoms. The summed E-state index contributed by atoms with van der Waals surface area (Å²) in [4.78, 5) is 21.3. The van der Waals surface area contributed by atoms with Gasteiger partial charge in [-0.1, -0.05) is 29.8 Å². The van der Waals surface area contributed by atoms with E-state index in [2.05, 4.69) is 36.1 Å². The first-order valence-electron chi connectivity index (χ1n) is 9.36. The zero-order chi connectivity index (χ0) is 21.4. The second-order valence-corrected chi connectivity index (χ2v) is 8.09. The summed E-state index contributed by atoms with van der Waals surface area (Å²) >= 11 is 9.39. The minimum absolute atomic E-state index is 0.286. The summed E-state index contributed by atoms with van der Waals surface area (Å²) in [7, 11) is 0. The molecule has 1 aromatic carbocycles. The van der Waals surface area contributed by atoms with Crippen LogP contribution in [0.5, 0.6) is 0 Å². The second kappa shape index (κ2) is 8.05. The number of halogens is 2. The first kappa shape index (κ1) is 19.6. The van der Waals surface area contributed by atoms with Crippen LogP contribution in [0.15, 0.2) is 82.7 Å². The van der Waals surface area contributed by atoms with Crippen LogP contribution >= 0.6 is 27.5 Å². The molecule has 0 aliphatic heterocycles. The van der Waals surface area contributed by atoms with Crippen LogP contribution in [0.1, 0.15) is 5.56 Å². The van der Waals surface area contributed by atoms with Crippen LogP contribution in [0.4, 0.5) is 0 Å². The molecule has 0 N–H and O–H groups in total. The summed E-state index contributed by atoms with van der Waals surface area (Å²) < 4.78 is 3.44. The highest BCUT2D eigenvalue weighted by molar-refractivity contribution is 9.10. The smallest absolute Gasteiger partial charge is 0.265 e. The highest BCUT2D eigenvalue weighted by Gasteiger charge is 2.18. The fraction of sp³-hybridized carbons (Fsp3) is 0.0455. The van der Waals surface area contributed by atoms with Crippen LogP contribution in [-0.4, -0.2) is 29.4 Å². The second-order valence-electron chi connectivity index (χ2n) is 6.84. The molecular formula is C22H14BrClN6O. The van der Waals surface area contributed by atoms with E-state index in [0.29, 0.717) is 10.7 Å². The molecule has 0 saturated carbocycles. The Hall–Kier alpha value is -3.36. The Bertz CT molecular complexity index is 1430. The van der Waals surface area contributed by atoms with E-state index in [1.54, 1.807) is 24.8 Å². The molecule has 4 aromatic heterocycles. The minimum Gasteiger partial charge on any atom is -0.265 e. The molecule has 5 aromatic rings. The fourth-order valence-corrected chi connectivity index (χ4v) is 3.75. The third kappa shape index (κ3) is 3.75. The first-order chi connectivity index (χ1) is 15.1. The van der Waals surface area contributed by atoms with Crippen molar-refractivity contribution < 1.29 is 0 Å². The summed E-state index contributed by atoms with van der Waals surface area (Å²) in [6.45, 7) is 0.286. The van der Waals surface area contributed by atoms with Crippen molar-refractivity contribution in [2.75, 3.05) is 0 Å². The zero-order valence-corrected chi connectivity index (χ0v) is 18.3. The number of hydrogen-bond acceptors (Lipinski definition) is 5. The predicted octanol–water partition coefficient (Wildman–Crippen LogP) is 4.48. The lowest BCUT2D eigenvalue weighted by Crippen LogP contribution is -2.23. The van der Waals surface area contributed by atoms with Gasteiger partial charge in [0.25, 0.3) is 0 Å². The molecule has 0 fully saturated rings. The van der Waals surface area contributed by atoms with Crippen LogP contribution < -0.4 is 5.69 Å². The molecule has 4 heterocycles. The molecular weight excluding hydrogens is 480 g/mol. The van der Waals surface area contributed by atoms with Gasteiger partial charge in [-0.15, -0.1) is 5.10 Å². The third-order valence-corrected chi connectivity index (χ3v) is 5.58. The van der Waals surface area contributed by atoms with Crippen LogP contribution in [-0.2, 0) is 6.54 Å². The van der Waals surface area contributed by atoms with E-state index in [1.807, 2.05) is 48.5 Å². The van der Waals surface area contributed by atoms with Crippen molar-refractivity contribution in [3.8, 4) is 22.3 Å². The van der Waals surface area contributed by atoms with Gasteiger partial charge in [0.2, 0.25) is 0 Å². The maximum atomic E-state index is 13.0. The fourth-order valence-electron chi connectivity index (χ4n) is 3.39. The molecule has 0 amide bonds. The van der Waals surface area contributed by atoms with Gasteiger partial charge in [-0.2, -0.15) is 9.61 Å². The van der Waals surface area contributed by atoms with Crippen molar-refractivity contribution in [3.05, 3.63) is 99.0 Å². The number of hydrogen-bond donors (Lipinski definition) is 0. The molecule has 0 radical (unpaired) electrons. The predicted molar refractivity (Wildman–Crippen MR) is 122 cm³/mol. The van der Waals surface area contributed by atoms with E-state index in [0.717, 1.165) is 32.4 Å². The Morgan fingerprint density at radius 3 is 2.42 bits per heavy atom. The van der Waals surface area contributed by atoms with E-state index in [4.69, 9.17) is 11.6 Å². The van der Waals surface area contributed by atoms with E-state index < -0.39 is 0 Å². The molecule has 0 bridgehead atoms. The minimum atomic E-state index is -0.323. The molecule has 0 unspecified atom stereocenters. The van der Waals surface area contributed by atoms with Crippen LogP contribution in [0.2, 0.25) is 5.02 Å². The third-order valence-electron chi connectivity index (χ3n) is 4.86. The van der Waals surface area contributed by atoms with Gasteiger partial charge < -0.3 is 0 Å². The highest BCUT2D eigenvalue weighted by Crippen LogP contribution is 2.34. The summed E-state index contributed by atoms with van der Waals surface area (Å²) in [5.41, 5.74) is 4.45. The van der Waals surface area contributed by atoms with Gasteiger partial charge >= 0.3 is 5.69 Å². The molecule has 5 rings (SSSR count). The lowest BCUT2D eigenvalue weighted by molar-refractivity contribution is 0.648. The number of pyridine rings is 2. The van der Waals surface area contributed by atoms with Gasteiger partial charge in [0.1, 0.15) is 4.60 Å². The molecule has 0 saturated heterocycles. The Balaban J connectivity index is 1.73. The van der Waals surface area contributed by atoms with Gasteiger partial charge in [0.05, 0.1) is 12.7 Å². The molecule has 152 valence electrons. The number of rotatable bonds is 4. The Kier molecular flexibility index (Phi) is 5.09. The van der Waals surface area contributed by atoms with E-state index >= 15 is 0 Å². The lowest BCUT2D eigenvalue weighted by atomic mass is 9.98. The van der Waals surface area contributed by atoms with Gasteiger partial charge in [-0.3, -0.25) is 4.98 Å². The number of fused-ring (bicyclic) bond motifs is 1. The number of benzene rings is 1. The average Bonchev–Trinajstić information content (AvgIpc) is 3.11. The summed E-state index contributed by atoms with van der Waals surface area (Å²) in [5.74, 6) is 0. The monoisotopic (exact) mass is 492 g/mol. The summed E-state index contributed by atoms with van der Waals surface area (Å²) in [5, 5.41) is 9.67. The van der Waals surface area contributed by atoms with Gasteiger partial charge in [-0.25, -0.2) is 14.5 Å². The van der Waals surface area contributed by atoms with Gasteiger partial charge in [0, 0.05) is 34.7 Å². The highest BCUT2D eigenvalue weighted by atomic mass is 79.9. The quantitative estimate of drug-likeness (QED) is 0.345. The number of nitrogens with zero attached hydrogens (tertiary/aromatic N) is 6. The molecule has 0 aliphatic rings. The Labute approximate surface area is 190 Å². The largest absolute Gasteiger partial charge is 0.367 e.